The third-order valence-corrected chi connectivity index (χ3v) is 4.01. The standard InChI is InChI=1S/C17H20N6O3/c1-10-4-5-11(2)12(8-10)9-23-15-13(21-22-23)16(24)20-14(19-15)17(25)18-6-7-26-3/h4-5,8H,6-7,9H2,1-3H3,(H,18,25)(H,19,20,24). The summed E-state index contributed by atoms with van der Waals surface area (Å²) in [4.78, 5) is 31.1. The number of carbonyl (C=O) groups is 1. The van der Waals surface area contributed by atoms with Crippen LogP contribution in [0.3, 0.4) is 0 Å². The molecule has 0 atom stereocenters. The number of nitrogens with zero attached hydrogens (tertiary/aromatic N) is 4. The average Bonchev–Trinajstić information content (AvgIpc) is 3.02. The van der Waals surface area contributed by atoms with Crippen LogP contribution in [0.4, 0.5) is 0 Å². The molecule has 0 aliphatic carbocycles. The van der Waals surface area contributed by atoms with Crippen LogP contribution in [0.2, 0.25) is 0 Å². The van der Waals surface area contributed by atoms with Crippen molar-refractivity contribution in [1.29, 1.82) is 0 Å². The largest absolute Gasteiger partial charge is 0.383 e. The molecule has 0 unspecified atom stereocenters. The van der Waals surface area contributed by atoms with Crippen molar-refractivity contribution in [1.82, 2.24) is 30.3 Å². The molecule has 2 aromatic heterocycles. The zero-order valence-corrected chi connectivity index (χ0v) is 14.9. The summed E-state index contributed by atoms with van der Waals surface area (Å²) in [5.41, 5.74) is 3.14. The maximum atomic E-state index is 12.2. The first-order valence-corrected chi connectivity index (χ1v) is 8.16. The molecule has 0 aliphatic heterocycles. The van der Waals surface area contributed by atoms with Gasteiger partial charge in [0.05, 0.1) is 13.2 Å². The van der Waals surface area contributed by atoms with Crippen LogP contribution in [0.5, 0.6) is 0 Å². The second-order valence-corrected chi connectivity index (χ2v) is 6.01. The number of carbonyl (C=O) groups excluding carboxylic acids is 1. The molecule has 9 heteroatoms. The molecule has 3 rings (SSSR count). The molecule has 2 heterocycles. The summed E-state index contributed by atoms with van der Waals surface area (Å²) in [5, 5.41) is 10.6. The normalized spacial score (nSPS) is 11.0. The second kappa shape index (κ2) is 7.44. The molecule has 0 fully saturated rings. The summed E-state index contributed by atoms with van der Waals surface area (Å²) < 4.78 is 6.41. The van der Waals surface area contributed by atoms with E-state index in [0.717, 1.165) is 16.7 Å². The lowest BCUT2D eigenvalue weighted by Gasteiger charge is -2.08. The second-order valence-electron chi connectivity index (χ2n) is 6.01. The quantitative estimate of drug-likeness (QED) is 0.624. The summed E-state index contributed by atoms with van der Waals surface area (Å²) in [7, 11) is 1.54. The fourth-order valence-electron chi connectivity index (χ4n) is 2.56. The van der Waals surface area contributed by atoms with Gasteiger partial charge in [0.25, 0.3) is 11.5 Å². The highest BCUT2D eigenvalue weighted by Crippen LogP contribution is 2.14. The molecule has 0 radical (unpaired) electrons. The van der Waals surface area contributed by atoms with E-state index in [1.165, 1.54) is 11.8 Å². The van der Waals surface area contributed by atoms with E-state index in [2.05, 4.69) is 25.6 Å². The fraction of sp³-hybridized carbons (Fsp3) is 0.353. The summed E-state index contributed by atoms with van der Waals surface area (Å²) in [6.07, 6.45) is 0. The molecule has 136 valence electrons. The van der Waals surface area contributed by atoms with Crippen LogP contribution in [0, 0.1) is 13.8 Å². The molecule has 1 amide bonds. The van der Waals surface area contributed by atoms with Crippen LogP contribution < -0.4 is 10.9 Å². The predicted octanol–water partition coefficient (Wildman–Crippen LogP) is 0.556. The Morgan fingerprint density at radius 3 is 2.92 bits per heavy atom. The molecule has 0 saturated carbocycles. The van der Waals surface area contributed by atoms with Crippen LogP contribution in [-0.2, 0) is 11.3 Å². The first-order valence-electron chi connectivity index (χ1n) is 8.16. The van der Waals surface area contributed by atoms with E-state index in [4.69, 9.17) is 4.74 Å². The van der Waals surface area contributed by atoms with E-state index in [-0.39, 0.29) is 17.0 Å². The molecule has 0 aliphatic rings. The number of hydrogen-bond acceptors (Lipinski definition) is 6. The lowest BCUT2D eigenvalue weighted by atomic mass is 10.1. The third-order valence-electron chi connectivity index (χ3n) is 4.01. The Kier molecular flexibility index (Phi) is 5.08. The Bertz CT molecular complexity index is 1010. The molecular weight excluding hydrogens is 336 g/mol. The van der Waals surface area contributed by atoms with Gasteiger partial charge in [0.2, 0.25) is 5.82 Å². The number of hydrogen-bond donors (Lipinski definition) is 2. The van der Waals surface area contributed by atoms with Crippen LogP contribution in [0.25, 0.3) is 11.2 Å². The van der Waals surface area contributed by atoms with Crippen molar-refractivity contribution in [3.05, 3.63) is 51.1 Å². The predicted molar refractivity (Wildman–Crippen MR) is 95.2 cm³/mol. The Balaban J connectivity index is 1.96. The Labute approximate surface area is 149 Å². The van der Waals surface area contributed by atoms with E-state index < -0.39 is 11.5 Å². The van der Waals surface area contributed by atoms with Gasteiger partial charge in [-0.05, 0) is 25.0 Å². The Hall–Kier alpha value is -3.07. The van der Waals surface area contributed by atoms with Crippen molar-refractivity contribution in [2.24, 2.45) is 0 Å². The van der Waals surface area contributed by atoms with Crippen LogP contribution in [-0.4, -0.2) is 51.1 Å². The van der Waals surface area contributed by atoms with E-state index in [1.54, 1.807) is 0 Å². The van der Waals surface area contributed by atoms with Gasteiger partial charge in [-0.1, -0.05) is 29.0 Å². The molecule has 1 aromatic carbocycles. The van der Waals surface area contributed by atoms with Gasteiger partial charge in [-0.25, -0.2) is 9.67 Å². The monoisotopic (exact) mass is 356 g/mol. The van der Waals surface area contributed by atoms with E-state index in [1.807, 2.05) is 32.0 Å². The molecule has 0 saturated heterocycles. The number of H-pyrrole nitrogens is 1. The van der Waals surface area contributed by atoms with Gasteiger partial charge in [-0.15, -0.1) is 5.10 Å². The highest BCUT2D eigenvalue weighted by molar-refractivity contribution is 5.91. The maximum Gasteiger partial charge on any atom is 0.287 e. The topological polar surface area (TPSA) is 115 Å². The van der Waals surface area contributed by atoms with Crippen molar-refractivity contribution in [2.75, 3.05) is 20.3 Å². The minimum Gasteiger partial charge on any atom is -0.383 e. The number of aryl methyl sites for hydroxylation is 2. The maximum absolute atomic E-state index is 12.2. The lowest BCUT2D eigenvalue weighted by molar-refractivity contribution is 0.0926. The molecular formula is C17H20N6O3. The van der Waals surface area contributed by atoms with E-state index >= 15 is 0 Å². The zero-order valence-electron chi connectivity index (χ0n) is 14.9. The van der Waals surface area contributed by atoms with Gasteiger partial charge in [0.15, 0.2) is 11.2 Å². The van der Waals surface area contributed by atoms with Crippen LogP contribution >= 0.6 is 0 Å². The Morgan fingerprint density at radius 2 is 2.15 bits per heavy atom. The average molecular weight is 356 g/mol. The Morgan fingerprint density at radius 1 is 1.35 bits per heavy atom. The number of aromatic nitrogens is 5. The number of methoxy groups -OCH3 is 1. The smallest absolute Gasteiger partial charge is 0.287 e. The van der Waals surface area contributed by atoms with Gasteiger partial charge in [0, 0.05) is 13.7 Å². The van der Waals surface area contributed by atoms with Gasteiger partial charge >= 0.3 is 0 Å². The molecule has 26 heavy (non-hydrogen) atoms. The number of nitrogens with one attached hydrogen (secondary N) is 2. The minimum atomic E-state index is -0.501. The molecule has 3 aromatic rings. The van der Waals surface area contributed by atoms with Crippen molar-refractivity contribution in [3.8, 4) is 0 Å². The van der Waals surface area contributed by atoms with Crippen molar-refractivity contribution in [2.45, 2.75) is 20.4 Å². The van der Waals surface area contributed by atoms with Gasteiger partial charge in [0.1, 0.15) is 0 Å². The number of amides is 1. The first-order chi connectivity index (χ1) is 12.5. The summed E-state index contributed by atoms with van der Waals surface area (Å²) in [5.74, 6) is -0.566. The lowest BCUT2D eigenvalue weighted by Crippen LogP contribution is -2.30. The highest BCUT2D eigenvalue weighted by Gasteiger charge is 2.16. The number of aromatic amines is 1. The number of rotatable bonds is 6. The van der Waals surface area contributed by atoms with Crippen LogP contribution in [0.1, 0.15) is 27.3 Å². The first kappa shape index (κ1) is 17.7. The van der Waals surface area contributed by atoms with Crippen molar-refractivity contribution in [3.63, 3.8) is 0 Å². The number of ether oxygens (including phenoxy) is 1. The third kappa shape index (κ3) is 3.62. The molecule has 9 nitrogen and oxygen atoms in total. The summed E-state index contributed by atoms with van der Waals surface area (Å²) in [6.45, 7) is 5.10. The number of fused-ring (bicyclic) bond motifs is 1. The van der Waals surface area contributed by atoms with Gasteiger partial charge in [-0.3, -0.25) is 9.59 Å². The van der Waals surface area contributed by atoms with Crippen LogP contribution in [0.15, 0.2) is 23.0 Å². The minimum absolute atomic E-state index is 0.0804. The SMILES string of the molecule is COCCNC(=O)c1nc2c(nnn2Cc2cc(C)ccc2C)c(=O)[nH]1. The number of benzene rings is 1. The molecule has 2 N–H and O–H groups in total. The van der Waals surface area contributed by atoms with Crippen molar-refractivity contribution >= 4 is 17.1 Å². The van der Waals surface area contributed by atoms with E-state index in [9.17, 15) is 9.59 Å². The van der Waals surface area contributed by atoms with Gasteiger partial charge < -0.3 is 15.0 Å². The highest BCUT2D eigenvalue weighted by atomic mass is 16.5. The summed E-state index contributed by atoms with van der Waals surface area (Å²) >= 11 is 0. The van der Waals surface area contributed by atoms with Gasteiger partial charge in [-0.2, -0.15) is 0 Å². The molecule has 0 spiro atoms. The zero-order chi connectivity index (χ0) is 18.7. The van der Waals surface area contributed by atoms with E-state index in [0.29, 0.717) is 19.7 Å². The van der Waals surface area contributed by atoms with Crippen molar-refractivity contribution < 1.29 is 9.53 Å². The molecule has 0 bridgehead atoms. The summed E-state index contributed by atoms with van der Waals surface area (Å²) in [6, 6.07) is 6.11. The fourth-order valence-corrected chi connectivity index (χ4v) is 2.56.